The number of carboxylic acid groups (broad SMARTS) is 1. The van der Waals surface area contributed by atoms with Crippen LogP contribution < -0.4 is 4.72 Å². The highest BCUT2D eigenvalue weighted by molar-refractivity contribution is 7.89. The van der Waals surface area contributed by atoms with Gasteiger partial charge in [0.2, 0.25) is 10.0 Å². The van der Waals surface area contributed by atoms with E-state index >= 15 is 0 Å². The van der Waals surface area contributed by atoms with Gasteiger partial charge in [0.25, 0.3) is 0 Å². The number of sulfonamides is 1. The van der Waals surface area contributed by atoms with E-state index in [1.165, 1.54) is 12.1 Å². The maximum atomic E-state index is 12.3. The first-order chi connectivity index (χ1) is 9.67. The zero-order chi connectivity index (χ0) is 16.2. The first-order valence-corrected chi connectivity index (χ1v) is 8.58. The molecule has 1 aromatic rings. The number of halogens is 1. The van der Waals surface area contributed by atoms with Gasteiger partial charge in [-0.15, -0.1) is 0 Å². The van der Waals surface area contributed by atoms with E-state index in [2.05, 4.69) is 4.72 Å². The van der Waals surface area contributed by atoms with Crippen molar-refractivity contribution in [2.75, 3.05) is 0 Å². The third-order valence-electron chi connectivity index (χ3n) is 3.28. The third kappa shape index (κ3) is 4.98. The van der Waals surface area contributed by atoms with E-state index in [9.17, 15) is 13.2 Å². The average molecular weight is 334 g/mol. The normalized spacial score (nSPS) is 14.7. The molecule has 21 heavy (non-hydrogen) atoms. The van der Waals surface area contributed by atoms with Crippen LogP contribution in [0.4, 0.5) is 0 Å². The lowest BCUT2D eigenvalue weighted by molar-refractivity contribution is 0.0696. The molecule has 1 aromatic carbocycles. The minimum Gasteiger partial charge on any atom is -0.478 e. The van der Waals surface area contributed by atoms with Gasteiger partial charge < -0.3 is 5.11 Å². The minimum atomic E-state index is -3.85. The summed E-state index contributed by atoms with van der Waals surface area (Å²) in [7, 11) is -3.85. The largest absolute Gasteiger partial charge is 0.478 e. The van der Waals surface area contributed by atoms with E-state index in [1.54, 1.807) is 6.92 Å². The van der Waals surface area contributed by atoms with Gasteiger partial charge in [0.1, 0.15) is 4.90 Å². The summed E-state index contributed by atoms with van der Waals surface area (Å²) in [6, 6.07) is 3.36. The van der Waals surface area contributed by atoms with Crippen LogP contribution in [0.2, 0.25) is 5.02 Å². The van der Waals surface area contributed by atoms with Crippen molar-refractivity contribution >= 4 is 27.6 Å². The summed E-state index contributed by atoms with van der Waals surface area (Å²) in [5.74, 6) is -0.806. The molecule has 0 fully saturated rings. The summed E-state index contributed by atoms with van der Waals surface area (Å²) >= 11 is 5.89. The Morgan fingerprint density at radius 1 is 1.38 bits per heavy atom. The van der Waals surface area contributed by atoms with E-state index in [-0.39, 0.29) is 21.5 Å². The Hall–Kier alpha value is -1.11. The zero-order valence-electron chi connectivity index (χ0n) is 12.3. The number of carboxylic acids is 1. The van der Waals surface area contributed by atoms with E-state index in [4.69, 9.17) is 16.7 Å². The molecule has 0 saturated heterocycles. The number of aromatic carboxylic acids is 1. The monoisotopic (exact) mass is 333 g/mol. The second kappa shape index (κ2) is 7.24. The molecule has 2 unspecified atom stereocenters. The zero-order valence-corrected chi connectivity index (χ0v) is 13.8. The molecule has 0 aliphatic heterocycles. The van der Waals surface area contributed by atoms with Crippen LogP contribution in [0.15, 0.2) is 23.1 Å². The van der Waals surface area contributed by atoms with Gasteiger partial charge in [-0.2, -0.15) is 0 Å². The Labute approximate surface area is 130 Å². The van der Waals surface area contributed by atoms with Crippen molar-refractivity contribution in [2.45, 2.75) is 44.6 Å². The van der Waals surface area contributed by atoms with Gasteiger partial charge >= 0.3 is 5.97 Å². The van der Waals surface area contributed by atoms with E-state index in [0.717, 1.165) is 12.5 Å². The lowest BCUT2D eigenvalue weighted by Crippen LogP contribution is -2.34. The minimum absolute atomic E-state index is 0.00300. The number of benzene rings is 1. The molecule has 0 amide bonds. The molecule has 0 radical (unpaired) electrons. The van der Waals surface area contributed by atoms with Gasteiger partial charge in [-0.25, -0.2) is 17.9 Å². The second-order valence-corrected chi connectivity index (χ2v) is 7.31. The van der Waals surface area contributed by atoms with Crippen LogP contribution in [0.1, 0.15) is 44.0 Å². The van der Waals surface area contributed by atoms with Gasteiger partial charge in [0.05, 0.1) is 10.6 Å². The second-order valence-electron chi connectivity index (χ2n) is 5.22. The smallest absolute Gasteiger partial charge is 0.335 e. The molecule has 0 aliphatic rings. The highest BCUT2D eigenvalue weighted by Crippen LogP contribution is 2.23. The molecule has 0 aliphatic carbocycles. The fourth-order valence-corrected chi connectivity index (χ4v) is 3.77. The van der Waals surface area contributed by atoms with Gasteiger partial charge in [0.15, 0.2) is 0 Å². The average Bonchev–Trinajstić information content (AvgIpc) is 2.37. The molecule has 1 rings (SSSR count). The van der Waals surface area contributed by atoms with Gasteiger partial charge in [-0.1, -0.05) is 31.9 Å². The Morgan fingerprint density at radius 3 is 2.52 bits per heavy atom. The van der Waals surface area contributed by atoms with Gasteiger partial charge in [0, 0.05) is 6.04 Å². The van der Waals surface area contributed by atoms with E-state index < -0.39 is 16.0 Å². The lowest BCUT2D eigenvalue weighted by atomic mass is 10.0. The standard InChI is InChI=1S/C14H20ClNO4S/c1-4-9(2)7-10(3)16-21(19,20)13-8-11(14(17)18)5-6-12(13)15/h5-6,8-10,16H,4,7H2,1-3H3,(H,17,18). The Kier molecular flexibility index (Phi) is 6.19. The van der Waals surface area contributed by atoms with Crippen molar-refractivity contribution in [3.63, 3.8) is 0 Å². The third-order valence-corrected chi connectivity index (χ3v) is 5.35. The maximum absolute atomic E-state index is 12.3. The first kappa shape index (κ1) is 17.9. The van der Waals surface area contributed by atoms with Crippen LogP contribution in [0.3, 0.4) is 0 Å². The van der Waals surface area contributed by atoms with Crippen LogP contribution in [0, 0.1) is 5.92 Å². The van der Waals surface area contributed by atoms with Crippen molar-refractivity contribution in [3.05, 3.63) is 28.8 Å². The fourth-order valence-electron chi connectivity index (χ4n) is 1.99. The molecular formula is C14H20ClNO4S. The quantitative estimate of drug-likeness (QED) is 0.803. The molecule has 0 heterocycles. The molecule has 0 bridgehead atoms. The van der Waals surface area contributed by atoms with Crippen molar-refractivity contribution in [1.29, 1.82) is 0 Å². The van der Waals surface area contributed by atoms with Crippen LogP contribution in [-0.4, -0.2) is 25.5 Å². The molecule has 0 aromatic heterocycles. The molecule has 5 nitrogen and oxygen atoms in total. The SMILES string of the molecule is CCC(C)CC(C)NS(=O)(=O)c1cc(C(=O)O)ccc1Cl. The van der Waals surface area contributed by atoms with Crippen LogP contribution in [0.5, 0.6) is 0 Å². The highest BCUT2D eigenvalue weighted by atomic mass is 35.5. The number of hydrogen-bond donors (Lipinski definition) is 2. The summed E-state index contributed by atoms with van der Waals surface area (Å²) in [4.78, 5) is 10.7. The summed E-state index contributed by atoms with van der Waals surface area (Å²) in [6.45, 7) is 5.86. The Bertz CT molecular complexity index is 615. The van der Waals surface area contributed by atoms with Crippen LogP contribution in [-0.2, 0) is 10.0 Å². The first-order valence-electron chi connectivity index (χ1n) is 6.72. The topological polar surface area (TPSA) is 83.5 Å². The van der Waals surface area contributed by atoms with Crippen molar-refractivity contribution in [2.24, 2.45) is 5.92 Å². The lowest BCUT2D eigenvalue weighted by Gasteiger charge is -2.18. The van der Waals surface area contributed by atoms with E-state index in [1.807, 2.05) is 13.8 Å². The molecule has 2 N–H and O–H groups in total. The summed E-state index contributed by atoms with van der Waals surface area (Å²) in [5, 5.41) is 8.94. The highest BCUT2D eigenvalue weighted by Gasteiger charge is 2.22. The fraction of sp³-hybridized carbons (Fsp3) is 0.500. The predicted octanol–water partition coefficient (Wildman–Crippen LogP) is 3.14. The van der Waals surface area contributed by atoms with E-state index in [0.29, 0.717) is 12.3 Å². The summed E-state index contributed by atoms with van der Waals surface area (Å²) in [6.07, 6.45) is 1.66. The summed E-state index contributed by atoms with van der Waals surface area (Å²) < 4.78 is 27.2. The number of hydrogen-bond acceptors (Lipinski definition) is 3. The van der Waals surface area contributed by atoms with Crippen LogP contribution in [0.25, 0.3) is 0 Å². The molecule has 0 spiro atoms. The van der Waals surface area contributed by atoms with Crippen LogP contribution >= 0.6 is 11.6 Å². The predicted molar refractivity (Wildman–Crippen MR) is 82.3 cm³/mol. The van der Waals surface area contributed by atoms with Crippen molar-refractivity contribution in [3.8, 4) is 0 Å². The number of rotatable bonds is 7. The molecule has 0 saturated carbocycles. The Morgan fingerprint density at radius 2 is 2.00 bits per heavy atom. The number of nitrogens with one attached hydrogen (secondary N) is 1. The molecule has 7 heteroatoms. The Balaban J connectivity index is 3.02. The van der Waals surface area contributed by atoms with Crippen molar-refractivity contribution < 1.29 is 18.3 Å². The molecule has 118 valence electrons. The molecular weight excluding hydrogens is 314 g/mol. The van der Waals surface area contributed by atoms with Gasteiger partial charge in [-0.3, -0.25) is 0 Å². The maximum Gasteiger partial charge on any atom is 0.335 e. The van der Waals surface area contributed by atoms with Gasteiger partial charge in [-0.05, 0) is 37.5 Å². The number of carbonyl (C=O) groups is 1. The molecule has 2 atom stereocenters. The van der Waals surface area contributed by atoms with Crippen molar-refractivity contribution in [1.82, 2.24) is 4.72 Å². The summed E-state index contributed by atoms with van der Waals surface area (Å²) in [5.41, 5.74) is -0.116.